The van der Waals surface area contributed by atoms with Gasteiger partial charge in [-0.05, 0) is 37.0 Å². The first kappa shape index (κ1) is 16.8. The predicted molar refractivity (Wildman–Crippen MR) is 86.7 cm³/mol. The van der Waals surface area contributed by atoms with E-state index in [1.807, 2.05) is 0 Å². The lowest BCUT2D eigenvalue weighted by atomic mass is 10.1. The molecule has 0 saturated heterocycles. The SMILES string of the molecule is CCS(=O)(=O)c1ccc(CCNC(=O)NC2CCCC2)cc1. The maximum absolute atomic E-state index is 11.7. The van der Waals surface area contributed by atoms with Gasteiger partial charge in [-0.1, -0.05) is 31.9 Å². The van der Waals surface area contributed by atoms with Crippen molar-refractivity contribution in [3.63, 3.8) is 0 Å². The summed E-state index contributed by atoms with van der Waals surface area (Å²) in [5.41, 5.74) is 1.01. The Balaban J connectivity index is 1.76. The lowest BCUT2D eigenvalue weighted by Gasteiger charge is -2.13. The topological polar surface area (TPSA) is 75.3 Å². The summed E-state index contributed by atoms with van der Waals surface area (Å²) in [5, 5.41) is 5.82. The lowest BCUT2D eigenvalue weighted by Crippen LogP contribution is -2.41. The van der Waals surface area contributed by atoms with Gasteiger partial charge >= 0.3 is 6.03 Å². The summed E-state index contributed by atoms with van der Waals surface area (Å²) in [6.45, 7) is 2.18. The summed E-state index contributed by atoms with van der Waals surface area (Å²) in [4.78, 5) is 12.1. The van der Waals surface area contributed by atoms with Crippen LogP contribution in [0.25, 0.3) is 0 Å². The van der Waals surface area contributed by atoms with E-state index in [-0.39, 0.29) is 11.8 Å². The normalized spacial score (nSPS) is 15.7. The van der Waals surface area contributed by atoms with Gasteiger partial charge in [-0.15, -0.1) is 0 Å². The first-order valence-corrected chi connectivity index (χ1v) is 9.52. The van der Waals surface area contributed by atoms with Crippen LogP contribution in [0.2, 0.25) is 0 Å². The maximum Gasteiger partial charge on any atom is 0.315 e. The summed E-state index contributed by atoms with van der Waals surface area (Å²) in [5.74, 6) is 0.106. The molecule has 1 fully saturated rings. The van der Waals surface area contributed by atoms with Gasteiger partial charge in [0, 0.05) is 12.6 Å². The number of carbonyl (C=O) groups excluding carboxylic acids is 1. The fourth-order valence-electron chi connectivity index (χ4n) is 2.66. The minimum absolute atomic E-state index is 0.106. The molecular formula is C16H24N2O3S. The number of nitrogens with one attached hydrogen (secondary N) is 2. The average Bonchev–Trinajstić information content (AvgIpc) is 3.00. The Morgan fingerprint density at radius 1 is 1.18 bits per heavy atom. The highest BCUT2D eigenvalue weighted by Crippen LogP contribution is 2.17. The molecule has 0 heterocycles. The highest BCUT2D eigenvalue weighted by Gasteiger charge is 2.16. The summed E-state index contributed by atoms with van der Waals surface area (Å²) < 4.78 is 23.4. The van der Waals surface area contributed by atoms with Crippen molar-refractivity contribution in [2.24, 2.45) is 0 Å². The minimum Gasteiger partial charge on any atom is -0.338 e. The quantitative estimate of drug-likeness (QED) is 0.843. The monoisotopic (exact) mass is 324 g/mol. The van der Waals surface area contributed by atoms with Crippen LogP contribution in [0.1, 0.15) is 38.2 Å². The van der Waals surface area contributed by atoms with Gasteiger partial charge in [-0.2, -0.15) is 0 Å². The molecule has 2 N–H and O–H groups in total. The number of sulfone groups is 1. The van der Waals surface area contributed by atoms with E-state index in [9.17, 15) is 13.2 Å². The molecule has 1 aliphatic carbocycles. The fourth-order valence-corrected chi connectivity index (χ4v) is 3.54. The molecule has 0 bridgehead atoms. The number of amides is 2. The van der Waals surface area contributed by atoms with E-state index in [1.54, 1.807) is 31.2 Å². The van der Waals surface area contributed by atoms with Gasteiger partial charge < -0.3 is 10.6 Å². The summed E-state index contributed by atoms with van der Waals surface area (Å²) in [6, 6.07) is 7.08. The standard InChI is InChI=1S/C16H24N2O3S/c1-2-22(20,21)15-9-7-13(8-10-15)11-12-17-16(19)18-14-5-3-4-6-14/h7-10,14H,2-6,11-12H2,1H3,(H2,17,18,19). The van der Waals surface area contributed by atoms with Crippen molar-refractivity contribution in [3.05, 3.63) is 29.8 Å². The van der Waals surface area contributed by atoms with Crippen molar-refractivity contribution >= 4 is 15.9 Å². The molecule has 1 saturated carbocycles. The molecule has 22 heavy (non-hydrogen) atoms. The molecule has 2 rings (SSSR count). The molecule has 6 heteroatoms. The van der Waals surface area contributed by atoms with E-state index < -0.39 is 9.84 Å². The predicted octanol–water partition coefficient (Wildman–Crippen LogP) is 2.26. The van der Waals surface area contributed by atoms with Gasteiger partial charge in [0.05, 0.1) is 10.6 Å². The Bertz CT molecular complexity index is 590. The zero-order valence-corrected chi connectivity index (χ0v) is 13.8. The molecule has 1 aromatic rings. The Morgan fingerprint density at radius 3 is 2.41 bits per heavy atom. The number of hydrogen-bond donors (Lipinski definition) is 2. The molecule has 122 valence electrons. The summed E-state index contributed by atoms with van der Waals surface area (Å²) >= 11 is 0. The molecule has 0 radical (unpaired) electrons. The van der Waals surface area contributed by atoms with Gasteiger partial charge in [0.1, 0.15) is 0 Å². The van der Waals surface area contributed by atoms with E-state index in [1.165, 1.54) is 12.8 Å². The highest BCUT2D eigenvalue weighted by atomic mass is 32.2. The number of hydrogen-bond acceptors (Lipinski definition) is 3. The van der Waals surface area contributed by atoms with Crippen LogP contribution in [0, 0.1) is 0 Å². The van der Waals surface area contributed by atoms with E-state index in [0.717, 1.165) is 18.4 Å². The van der Waals surface area contributed by atoms with Gasteiger partial charge in [0.15, 0.2) is 9.84 Å². The Labute approximate surface area is 132 Å². The van der Waals surface area contributed by atoms with Crippen LogP contribution in [0.3, 0.4) is 0 Å². The molecule has 0 aliphatic heterocycles. The molecule has 5 nitrogen and oxygen atoms in total. The third-order valence-corrected chi connectivity index (χ3v) is 5.80. The van der Waals surface area contributed by atoms with E-state index >= 15 is 0 Å². The molecule has 0 atom stereocenters. The molecule has 0 aromatic heterocycles. The molecule has 2 amide bonds. The minimum atomic E-state index is -3.14. The Morgan fingerprint density at radius 2 is 1.82 bits per heavy atom. The van der Waals surface area contributed by atoms with Crippen molar-refractivity contribution in [2.75, 3.05) is 12.3 Å². The van der Waals surface area contributed by atoms with E-state index in [0.29, 0.717) is 23.9 Å². The number of rotatable bonds is 6. The maximum atomic E-state index is 11.7. The second kappa shape index (κ2) is 7.63. The van der Waals surface area contributed by atoms with E-state index in [4.69, 9.17) is 0 Å². The smallest absolute Gasteiger partial charge is 0.315 e. The van der Waals surface area contributed by atoms with Gasteiger partial charge in [0.2, 0.25) is 0 Å². The molecule has 0 unspecified atom stereocenters. The lowest BCUT2D eigenvalue weighted by molar-refractivity contribution is 0.237. The summed E-state index contributed by atoms with van der Waals surface area (Å²) in [6.07, 6.45) is 5.21. The zero-order chi connectivity index (χ0) is 16.0. The Kier molecular flexibility index (Phi) is 5.83. The fraction of sp³-hybridized carbons (Fsp3) is 0.562. The number of urea groups is 1. The van der Waals surface area contributed by atoms with Crippen molar-refractivity contribution in [1.29, 1.82) is 0 Å². The third-order valence-electron chi connectivity index (χ3n) is 4.05. The van der Waals surface area contributed by atoms with E-state index in [2.05, 4.69) is 10.6 Å². The first-order chi connectivity index (χ1) is 10.5. The van der Waals surface area contributed by atoms with Crippen LogP contribution in [-0.4, -0.2) is 32.8 Å². The van der Waals surface area contributed by atoms with Crippen molar-refractivity contribution < 1.29 is 13.2 Å². The first-order valence-electron chi connectivity index (χ1n) is 7.87. The Hall–Kier alpha value is -1.56. The van der Waals surface area contributed by atoms with Gasteiger partial charge in [-0.25, -0.2) is 13.2 Å². The second-order valence-corrected chi connectivity index (χ2v) is 7.96. The van der Waals surface area contributed by atoms with Crippen LogP contribution >= 0.6 is 0 Å². The number of benzene rings is 1. The average molecular weight is 324 g/mol. The van der Waals surface area contributed by atoms with Crippen LogP contribution in [0.4, 0.5) is 4.79 Å². The molecular weight excluding hydrogens is 300 g/mol. The van der Waals surface area contributed by atoms with Crippen LogP contribution in [0.5, 0.6) is 0 Å². The van der Waals surface area contributed by atoms with Crippen LogP contribution in [-0.2, 0) is 16.3 Å². The second-order valence-electron chi connectivity index (χ2n) is 5.68. The van der Waals surface area contributed by atoms with Crippen LogP contribution in [0.15, 0.2) is 29.2 Å². The van der Waals surface area contributed by atoms with Gasteiger partial charge in [0.25, 0.3) is 0 Å². The summed E-state index contributed by atoms with van der Waals surface area (Å²) in [7, 11) is -3.14. The van der Waals surface area contributed by atoms with Gasteiger partial charge in [-0.3, -0.25) is 0 Å². The molecule has 1 aliphatic rings. The van der Waals surface area contributed by atoms with Crippen LogP contribution < -0.4 is 10.6 Å². The zero-order valence-electron chi connectivity index (χ0n) is 13.0. The van der Waals surface area contributed by atoms with Crippen molar-refractivity contribution in [2.45, 2.75) is 50.0 Å². The molecule has 0 spiro atoms. The van der Waals surface area contributed by atoms with Crippen molar-refractivity contribution in [1.82, 2.24) is 10.6 Å². The van der Waals surface area contributed by atoms with Crippen molar-refractivity contribution in [3.8, 4) is 0 Å². The number of carbonyl (C=O) groups is 1. The third kappa shape index (κ3) is 4.73. The largest absolute Gasteiger partial charge is 0.338 e. The molecule has 1 aromatic carbocycles. The highest BCUT2D eigenvalue weighted by molar-refractivity contribution is 7.91.